The average Bonchev–Trinajstić information content (AvgIpc) is 2.60. The van der Waals surface area contributed by atoms with Gasteiger partial charge in [-0.15, -0.1) is 0 Å². The van der Waals surface area contributed by atoms with Crippen LogP contribution in [-0.2, 0) is 4.79 Å². The van der Waals surface area contributed by atoms with Gasteiger partial charge in [0.15, 0.2) is 0 Å². The van der Waals surface area contributed by atoms with E-state index in [-0.39, 0.29) is 6.03 Å². The number of nitrogens with zero attached hydrogens (tertiary/aromatic N) is 2. The van der Waals surface area contributed by atoms with Crippen LogP contribution in [0.15, 0.2) is 0 Å². The van der Waals surface area contributed by atoms with Gasteiger partial charge in [0.2, 0.25) is 0 Å². The molecule has 0 aromatic rings. The minimum atomic E-state index is -1.14. The summed E-state index contributed by atoms with van der Waals surface area (Å²) in [5.41, 5.74) is -1.14. The first-order chi connectivity index (χ1) is 8.95. The molecule has 110 valence electrons. The summed E-state index contributed by atoms with van der Waals surface area (Å²) in [6.07, 6.45) is 1.69. The van der Waals surface area contributed by atoms with Crippen molar-refractivity contribution in [1.29, 1.82) is 0 Å². The lowest BCUT2D eigenvalue weighted by Crippen LogP contribution is -2.57. The molecule has 0 bridgehead atoms. The molecule has 0 spiro atoms. The van der Waals surface area contributed by atoms with Crippen molar-refractivity contribution in [2.45, 2.75) is 38.6 Å². The lowest BCUT2D eigenvalue weighted by atomic mass is 9.93. The number of likely N-dealkylation sites (N-methyl/N-ethyl adjacent to an activating group) is 1. The van der Waals surface area contributed by atoms with Crippen LogP contribution < -0.4 is 5.32 Å². The summed E-state index contributed by atoms with van der Waals surface area (Å²) >= 11 is 0. The number of rotatable bonds is 4. The van der Waals surface area contributed by atoms with Crippen LogP contribution >= 0.6 is 0 Å². The van der Waals surface area contributed by atoms with E-state index in [1.54, 1.807) is 18.7 Å². The number of urea groups is 1. The first-order valence-corrected chi connectivity index (χ1v) is 6.94. The number of amides is 2. The summed E-state index contributed by atoms with van der Waals surface area (Å²) < 4.78 is 0. The number of hydrogen-bond acceptors (Lipinski definition) is 3. The molecule has 0 atom stereocenters. The topological polar surface area (TPSA) is 72.9 Å². The zero-order valence-electron chi connectivity index (χ0n) is 12.1. The maximum absolute atomic E-state index is 12.2. The molecule has 6 heteroatoms. The molecule has 1 aliphatic heterocycles. The number of carboxylic acids is 1. The Morgan fingerprint density at radius 1 is 1.16 bits per heavy atom. The van der Waals surface area contributed by atoms with E-state index in [0.29, 0.717) is 25.9 Å². The predicted molar refractivity (Wildman–Crippen MR) is 73.2 cm³/mol. The van der Waals surface area contributed by atoms with Crippen molar-refractivity contribution in [2.75, 3.05) is 33.2 Å². The lowest BCUT2D eigenvalue weighted by molar-refractivity contribution is -0.144. The second-order valence-corrected chi connectivity index (χ2v) is 5.17. The Morgan fingerprint density at radius 2 is 1.79 bits per heavy atom. The standard InChI is InChI=1S/C13H25N3O3/c1-4-13(5-2,11(17)18)14-12(19)16-8-6-7-15(3)9-10-16/h4-10H2,1-3H3,(H,14,19)(H,17,18). The number of aliphatic carboxylic acids is 1. The molecule has 0 aromatic heterocycles. The van der Waals surface area contributed by atoms with Gasteiger partial charge in [-0.2, -0.15) is 0 Å². The van der Waals surface area contributed by atoms with Crippen molar-refractivity contribution in [1.82, 2.24) is 15.1 Å². The minimum absolute atomic E-state index is 0.263. The third kappa shape index (κ3) is 3.83. The van der Waals surface area contributed by atoms with Gasteiger partial charge in [-0.25, -0.2) is 9.59 Å². The molecule has 0 radical (unpaired) electrons. The Balaban J connectivity index is 2.69. The fourth-order valence-electron chi connectivity index (χ4n) is 2.32. The molecule has 1 fully saturated rings. The van der Waals surface area contributed by atoms with Crippen molar-refractivity contribution < 1.29 is 14.7 Å². The van der Waals surface area contributed by atoms with Crippen LogP contribution in [0.4, 0.5) is 4.79 Å². The zero-order chi connectivity index (χ0) is 14.5. The van der Waals surface area contributed by atoms with Gasteiger partial charge in [-0.1, -0.05) is 13.8 Å². The van der Waals surface area contributed by atoms with E-state index in [9.17, 15) is 14.7 Å². The van der Waals surface area contributed by atoms with Gasteiger partial charge in [-0.05, 0) is 32.9 Å². The molecule has 19 heavy (non-hydrogen) atoms. The highest BCUT2D eigenvalue weighted by molar-refractivity contribution is 5.86. The lowest BCUT2D eigenvalue weighted by Gasteiger charge is -2.31. The molecule has 0 unspecified atom stereocenters. The van der Waals surface area contributed by atoms with Gasteiger partial charge >= 0.3 is 12.0 Å². The molecular weight excluding hydrogens is 246 g/mol. The third-order valence-electron chi connectivity index (χ3n) is 3.97. The molecular formula is C13H25N3O3. The molecule has 0 aliphatic carbocycles. The smallest absolute Gasteiger partial charge is 0.329 e. The molecule has 2 N–H and O–H groups in total. The third-order valence-corrected chi connectivity index (χ3v) is 3.97. The summed E-state index contributed by atoms with van der Waals surface area (Å²) in [4.78, 5) is 27.5. The van der Waals surface area contributed by atoms with Crippen molar-refractivity contribution >= 4 is 12.0 Å². The fourth-order valence-corrected chi connectivity index (χ4v) is 2.32. The van der Waals surface area contributed by atoms with Gasteiger partial charge in [0.1, 0.15) is 5.54 Å². The van der Waals surface area contributed by atoms with Crippen LogP contribution in [0.2, 0.25) is 0 Å². The van der Waals surface area contributed by atoms with E-state index in [1.165, 1.54) is 0 Å². The molecule has 1 saturated heterocycles. The van der Waals surface area contributed by atoms with E-state index in [1.807, 2.05) is 7.05 Å². The van der Waals surface area contributed by atoms with Crippen LogP contribution in [0.1, 0.15) is 33.1 Å². The normalized spacial score (nSPS) is 17.9. The predicted octanol–water partition coefficient (Wildman–Crippen LogP) is 0.977. The molecule has 0 saturated carbocycles. The summed E-state index contributed by atoms with van der Waals surface area (Å²) in [6.45, 7) is 6.69. The van der Waals surface area contributed by atoms with E-state index in [0.717, 1.165) is 19.5 Å². The summed E-state index contributed by atoms with van der Waals surface area (Å²) in [6, 6.07) is -0.263. The zero-order valence-corrected chi connectivity index (χ0v) is 12.1. The Hall–Kier alpha value is -1.30. The fraction of sp³-hybridized carbons (Fsp3) is 0.846. The van der Waals surface area contributed by atoms with Crippen LogP contribution in [0, 0.1) is 0 Å². The molecule has 6 nitrogen and oxygen atoms in total. The number of carbonyl (C=O) groups excluding carboxylic acids is 1. The van der Waals surface area contributed by atoms with Gasteiger partial charge in [0.05, 0.1) is 0 Å². The first kappa shape index (κ1) is 15.8. The van der Waals surface area contributed by atoms with Gasteiger partial charge in [-0.3, -0.25) is 0 Å². The quantitative estimate of drug-likeness (QED) is 0.799. The molecule has 0 aromatic carbocycles. The molecule has 1 rings (SSSR count). The number of carbonyl (C=O) groups is 2. The van der Waals surface area contributed by atoms with Crippen LogP contribution in [0.25, 0.3) is 0 Å². The summed E-state index contributed by atoms with van der Waals surface area (Å²) in [5.74, 6) is -0.960. The SMILES string of the molecule is CCC(CC)(NC(=O)N1CCCN(C)CC1)C(=O)O. The monoisotopic (exact) mass is 271 g/mol. The second kappa shape index (κ2) is 6.75. The Bertz CT molecular complexity index is 329. The van der Waals surface area contributed by atoms with Crippen molar-refractivity contribution in [3.8, 4) is 0 Å². The molecule has 2 amide bonds. The van der Waals surface area contributed by atoms with E-state index < -0.39 is 11.5 Å². The first-order valence-electron chi connectivity index (χ1n) is 6.94. The number of carboxylic acid groups (broad SMARTS) is 1. The highest BCUT2D eigenvalue weighted by atomic mass is 16.4. The Kier molecular flexibility index (Phi) is 5.60. The maximum atomic E-state index is 12.2. The van der Waals surface area contributed by atoms with Crippen molar-refractivity contribution in [3.05, 3.63) is 0 Å². The van der Waals surface area contributed by atoms with Crippen LogP contribution in [0.5, 0.6) is 0 Å². The highest BCUT2D eigenvalue weighted by Gasteiger charge is 2.37. The van der Waals surface area contributed by atoms with E-state index in [4.69, 9.17) is 0 Å². The van der Waals surface area contributed by atoms with Crippen LogP contribution in [0.3, 0.4) is 0 Å². The summed E-state index contributed by atoms with van der Waals surface area (Å²) in [7, 11) is 2.03. The molecule has 1 heterocycles. The van der Waals surface area contributed by atoms with Gasteiger partial charge in [0.25, 0.3) is 0 Å². The number of nitrogens with one attached hydrogen (secondary N) is 1. The van der Waals surface area contributed by atoms with Crippen molar-refractivity contribution in [3.63, 3.8) is 0 Å². The maximum Gasteiger partial charge on any atom is 0.329 e. The largest absolute Gasteiger partial charge is 0.480 e. The van der Waals surface area contributed by atoms with E-state index >= 15 is 0 Å². The molecule has 1 aliphatic rings. The highest BCUT2D eigenvalue weighted by Crippen LogP contribution is 2.16. The van der Waals surface area contributed by atoms with Gasteiger partial charge < -0.3 is 20.2 Å². The average molecular weight is 271 g/mol. The summed E-state index contributed by atoms with van der Waals surface area (Å²) in [5, 5.41) is 12.0. The Morgan fingerprint density at radius 3 is 2.32 bits per heavy atom. The minimum Gasteiger partial charge on any atom is -0.480 e. The van der Waals surface area contributed by atoms with E-state index in [2.05, 4.69) is 10.2 Å². The van der Waals surface area contributed by atoms with Crippen molar-refractivity contribution in [2.24, 2.45) is 0 Å². The second-order valence-electron chi connectivity index (χ2n) is 5.17. The van der Waals surface area contributed by atoms with Gasteiger partial charge in [0, 0.05) is 19.6 Å². The number of hydrogen-bond donors (Lipinski definition) is 2. The van der Waals surface area contributed by atoms with Crippen LogP contribution in [-0.4, -0.2) is 65.7 Å². The Labute approximate surface area is 114 Å².